The normalized spacial score (nSPS) is 16.0. The number of pyridine rings is 1. The van der Waals surface area contributed by atoms with Crippen LogP contribution in [0.4, 0.5) is 0 Å². The molecular weight excluding hydrogens is 398 g/mol. The lowest BCUT2D eigenvalue weighted by atomic mass is 9.86. The number of allylic oxidation sites excluding steroid dienone is 1. The number of likely N-dealkylation sites (tertiary alicyclic amines) is 1. The Bertz CT molecular complexity index is 940. The van der Waals surface area contributed by atoms with E-state index in [1.165, 1.54) is 0 Å². The van der Waals surface area contributed by atoms with Crippen molar-refractivity contribution >= 4 is 17.2 Å². The molecule has 5 heteroatoms. The smallest absolute Gasteiger partial charge is 0.272 e. The molecule has 1 fully saturated rings. The van der Waals surface area contributed by atoms with E-state index in [1.807, 2.05) is 36.1 Å². The standard InChI is InChI=1S/C27H35N3O2/c1-6-7-19(2)29-21(4)24-10-13-26(28-18-24)27(31)30-16-14-23(15-17-30)20(3)22-8-11-25(32-5)12-9-22/h8-13,18-19,23H,3,6-7,14-17H2,1-2,4-5H3. The molecule has 3 rings (SSSR count). The third-order valence-corrected chi connectivity index (χ3v) is 6.26. The van der Waals surface area contributed by atoms with Crippen molar-refractivity contribution in [1.82, 2.24) is 9.88 Å². The number of methoxy groups -OCH3 is 1. The zero-order valence-electron chi connectivity index (χ0n) is 19.8. The molecule has 1 aromatic heterocycles. The van der Waals surface area contributed by atoms with Crippen LogP contribution in [0.5, 0.6) is 5.75 Å². The number of carbonyl (C=O) groups is 1. The third-order valence-electron chi connectivity index (χ3n) is 6.26. The van der Waals surface area contributed by atoms with Gasteiger partial charge < -0.3 is 9.64 Å². The molecule has 170 valence electrons. The predicted molar refractivity (Wildman–Crippen MR) is 131 cm³/mol. The maximum atomic E-state index is 13.0. The van der Waals surface area contributed by atoms with Gasteiger partial charge >= 0.3 is 0 Å². The highest BCUT2D eigenvalue weighted by Crippen LogP contribution is 2.31. The van der Waals surface area contributed by atoms with Crippen LogP contribution >= 0.6 is 0 Å². The van der Waals surface area contributed by atoms with E-state index < -0.39 is 0 Å². The van der Waals surface area contributed by atoms with Gasteiger partial charge in [0.1, 0.15) is 11.4 Å². The number of benzene rings is 1. The highest BCUT2D eigenvalue weighted by Gasteiger charge is 2.26. The van der Waals surface area contributed by atoms with Gasteiger partial charge in [0.25, 0.3) is 5.91 Å². The van der Waals surface area contributed by atoms with Gasteiger partial charge in [-0.2, -0.15) is 0 Å². The number of aliphatic imine (C=N–C) groups is 1. The molecule has 2 aromatic rings. The first-order valence-electron chi connectivity index (χ1n) is 11.6. The number of nitrogens with zero attached hydrogens (tertiary/aromatic N) is 3. The third kappa shape index (κ3) is 5.84. The van der Waals surface area contributed by atoms with Gasteiger partial charge in [-0.05, 0) is 74.4 Å². The van der Waals surface area contributed by atoms with Gasteiger partial charge in [-0.15, -0.1) is 0 Å². The largest absolute Gasteiger partial charge is 0.497 e. The lowest BCUT2D eigenvalue weighted by Gasteiger charge is -2.33. The average molecular weight is 434 g/mol. The van der Waals surface area contributed by atoms with Gasteiger partial charge in [0.05, 0.1) is 7.11 Å². The molecule has 1 saturated heterocycles. The SMILES string of the molecule is C=C(c1ccc(OC)cc1)C1CCN(C(=O)c2ccc(C(C)=NC(C)CCC)cn2)CC1. The molecule has 0 radical (unpaired) electrons. The Hall–Kier alpha value is -2.95. The fraction of sp³-hybridized carbons (Fsp3) is 0.444. The highest BCUT2D eigenvalue weighted by molar-refractivity contribution is 5.99. The molecule has 1 unspecified atom stereocenters. The van der Waals surface area contributed by atoms with Crippen molar-refractivity contribution in [3.05, 3.63) is 66.0 Å². The van der Waals surface area contributed by atoms with Crippen LogP contribution in [0.25, 0.3) is 5.57 Å². The van der Waals surface area contributed by atoms with Crippen molar-refractivity contribution in [3.8, 4) is 5.75 Å². The van der Waals surface area contributed by atoms with E-state index in [1.54, 1.807) is 13.3 Å². The fourth-order valence-electron chi connectivity index (χ4n) is 4.26. The lowest BCUT2D eigenvalue weighted by Crippen LogP contribution is -2.39. The van der Waals surface area contributed by atoms with Crippen LogP contribution in [0.15, 0.2) is 54.2 Å². The summed E-state index contributed by atoms with van der Waals surface area (Å²) < 4.78 is 5.24. The molecule has 5 nitrogen and oxygen atoms in total. The van der Waals surface area contributed by atoms with Crippen molar-refractivity contribution in [2.75, 3.05) is 20.2 Å². The quantitative estimate of drug-likeness (QED) is 0.505. The molecule has 32 heavy (non-hydrogen) atoms. The summed E-state index contributed by atoms with van der Waals surface area (Å²) in [5.74, 6) is 1.23. The van der Waals surface area contributed by atoms with Crippen molar-refractivity contribution in [1.29, 1.82) is 0 Å². The topological polar surface area (TPSA) is 54.8 Å². The summed E-state index contributed by atoms with van der Waals surface area (Å²) >= 11 is 0. The molecule has 1 amide bonds. The van der Waals surface area contributed by atoms with E-state index in [0.717, 1.165) is 66.9 Å². The molecular formula is C27H35N3O2. The minimum Gasteiger partial charge on any atom is -0.497 e. The second-order valence-electron chi connectivity index (χ2n) is 8.60. The first-order chi connectivity index (χ1) is 15.4. The van der Waals surface area contributed by atoms with Gasteiger partial charge in [0.15, 0.2) is 0 Å². The zero-order valence-corrected chi connectivity index (χ0v) is 19.8. The molecule has 1 aliphatic heterocycles. The van der Waals surface area contributed by atoms with Crippen LogP contribution in [-0.2, 0) is 0 Å². The molecule has 0 bridgehead atoms. The number of hydrogen-bond acceptors (Lipinski definition) is 4. The maximum absolute atomic E-state index is 13.0. The van der Waals surface area contributed by atoms with Gasteiger partial charge in [-0.1, -0.05) is 32.1 Å². The van der Waals surface area contributed by atoms with Crippen LogP contribution in [0.2, 0.25) is 0 Å². The summed E-state index contributed by atoms with van der Waals surface area (Å²) in [5, 5.41) is 0. The van der Waals surface area contributed by atoms with Crippen molar-refractivity contribution in [3.63, 3.8) is 0 Å². The first kappa shape index (κ1) is 23.7. The Morgan fingerprint density at radius 3 is 2.41 bits per heavy atom. The van der Waals surface area contributed by atoms with E-state index in [4.69, 9.17) is 9.73 Å². The molecule has 1 aromatic carbocycles. The predicted octanol–water partition coefficient (Wildman–Crippen LogP) is 5.65. The Labute approximate surface area is 192 Å². The summed E-state index contributed by atoms with van der Waals surface area (Å²) in [4.78, 5) is 24.0. The molecule has 1 aliphatic rings. The molecule has 0 N–H and O–H groups in total. The minimum absolute atomic E-state index is 0.000924. The Kier molecular flexibility index (Phi) is 8.20. The monoisotopic (exact) mass is 433 g/mol. The number of rotatable bonds is 8. The van der Waals surface area contributed by atoms with Crippen LogP contribution in [0.1, 0.15) is 68.1 Å². The number of carbonyl (C=O) groups excluding carboxylic acids is 1. The summed E-state index contributed by atoms with van der Waals surface area (Å²) in [6.45, 7) is 12.1. The molecule has 2 heterocycles. The van der Waals surface area contributed by atoms with Crippen LogP contribution in [-0.4, -0.2) is 47.7 Å². The maximum Gasteiger partial charge on any atom is 0.272 e. The van der Waals surface area contributed by atoms with E-state index in [-0.39, 0.29) is 5.91 Å². The molecule has 0 spiro atoms. The Balaban J connectivity index is 1.57. The van der Waals surface area contributed by atoms with Gasteiger partial charge in [-0.3, -0.25) is 14.8 Å². The first-order valence-corrected chi connectivity index (χ1v) is 11.6. The fourth-order valence-corrected chi connectivity index (χ4v) is 4.26. The number of aromatic nitrogens is 1. The lowest BCUT2D eigenvalue weighted by molar-refractivity contribution is 0.0702. The van der Waals surface area contributed by atoms with Crippen LogP contribution < -0.4 is 4.74 Å². The highest BCUT2D eigenvalue weighted by atomic mass is 16.5. The second-order valence-corrected chi connectivity index (χ2v) is 8.60. The van der Waals surface area contributed by atoms with Crippen molar-refractivity contribution in [2.45, 2.75) is 52.5 Å². The Morgan fingerprint density at radius 1 is 1.19 bits per heavy atom. The second kappa shape index (κ2) is 11.1. The Morgan fingerprint density at radius 2 is 1.84 bits per heavy atom. The van der Waals surface area contributed by atoms with E-state index in [0.29, 0.717) is 17.7 Å². The van der Waals surface area contributed by atoms with Crippen molar-refractivity contribution in [2.24, 2.45) is 10.9 Å². The number of hydrogen-bond donors (Lipinski definition) is 0. The van der Waals surface area contributed by atoms with E-state index >= 15 is 0 Å². The molecule has 0 aliphatic carbocycles. The van der Waals surface area contributed by atoms with Crippen molar-refractivity contribution < 1.29 is 9.53 Å². The van der Waals surface area contributed by atoms with Crippen LogP contribution in [0, 0.1) is 5.92 Å². The summed E-state index contributed by atoms with van der Waals surface area (Å²) in [7, 11) is 1.67. The number of ether oxygens (including phenoxy) is 1. The molecule has 0 saturated carbocycles. The van der Waals surface area contributed by atoms with Crippen LogP contribution in [0.3, 0.4) is 0 Å². The van der Waals surface area contributed by atoms with Gasteiger partial charge in [0, 0.05) is 36.6 Å². The average Bonchev–Trinajstić information content (AvgIpc) is 2.83. The summed E-state index contributed by atoms with van der Waals surface area (Å²) in [6.07, 6.45) is 5.78. The van der Waals surface area contributed by atoms with Gasteiger partial charge in [0.2, 0.25) is 0 Å². The van der Waals surface area contributed by atoms with E-state index in [2.05, 4.69) is 37.5 Å². The summed E-state index contributed by atoms with van der Waals surface area (Å²) in [6, 6.07) is 12.1. The summed E-state index contributed by atoms with van der Waals surface area (Å²) in [5.41, 5.74) is 4.71. The number of amides is 1. The van der Waals surface area contributed by atoms with Gasteiger partial charge in [-0.25, -0.2) is 0 Å². The number of piperidine rings is 1. The molecule has 1 atom stereocenters. The zero-order chi connectivity index (χ0) is 23.1. The van der Waals surface area contributed by atoms with E-state index in [9.17, 15) is 4.79 Å². The minimum atomic E-state index is -0.000924.